The summed E-state index contributed by atoms with van der Waals surface area (Å²) < 4.78 is 9.46. The lowest BCUT2D eigenvalue weighted by molar-refractivity contribution is 0.0751. The molecule has 178 valence electrons. The Balaban J connectivity index is 1.37. The topological polar surface area (TPSA) is 67.4 Å². The molecule has 0 unspecified atom stereocenters. The number of furan rings is 1. The van der Waals surface area contributed by atoms with Crippen molar-refractivity contribution in [2.75, 3.05) is 27.2 Å². The normalized spacial score (nSPS) is 11.5. The van der Waals surface area contributed by atoms with E-state index < -0.39 is 0 Å². The molecule has 1 amide bonds. The minimum Gasteiger partial charge on any atom is -0.450 e. The Hall–Kier alpha value is -2.20. The molecule has 10 heteroatoms. The number of aryl methyl sites for hydroxylation is 2. The first-order valence-corrected chi connectivity index (χ1v) is 12.6. The smallest absolute Gasteiger partial charge is 0.289 e. The fourth-order valence-corrected chi connectivity index (χ4v) is 4.78. The zero-order valence-corrected chi connectivity index (χ0v) is 23.2. The van der Waals surface area contributed by atoms with Crippen molar-refractivity contribution in [3.05, 3.63) is 73.1 Å². The Morgan fingerprint density at radius 2 is 1.91 bits per heavy atom. The van der Waals surface area contributed by atoms with Crippen molar-refractivity contribution in [1.82, 2.24) is 24.8 Å². The van der Waals surface area contributed by atoms with Gasteiger partial charge < -0.3 is 9.32 Å². The summed E-state index contributed by atoms with van der Waals surface area (Å²) in [5.41, 5.74) is 4.30. The molecule has 0 aliphatic heterocycles. The van der Waals surface area contributed by atoms with Crippen LogP contribution in [0.5, 0.6) is 0 Å². The Bertz CT molecular complexity index is 1370. The maximum absolute atomic E-state index is 13.1. The lowest BCUT2D eigenvalue weighted by atomic mass is 10.1. The maximum Gasteiger partial charge on any atom is 0.289 e. The van der Waals surface area contributed by atoms with Crippen molar-refractivity contribution >= 4 is 60.3 Å². The summed E-state index contributed by atoms with van der Waals surface area (Å²) >= 11 is 13.0. The molecule has 7 nitrogen and oxygen atoms in total. The molecule has 0 saturated heterocycles. The number of rotatable bonds is 7. The number of carbonyl (C=O) groups is 1. The largest absolute Gasteiger partial charge is 0.450 e. The molecule has 2 aromatic carbocycles. The highest BCUT2D eigenvalue weighted by atomic mass is 79.9. The lowest BCUT2D eigenvalue weighted by Crippen LogP contribution is -2.34. The zero-order chi connectivity index (χ0) is 24.6. The van der Waals surface area contributed by atoms with Gasteiger partial charge in [0, 0.05) is 46.6 Å². The third-order valence-electron chi connectivity index (χ3n) is 5.69. The average Bonchev–Trinajstić information content (AvgIpc) is 3.38. The number of hydrogen-bond acceptors (Lipinski definition) is 5. The molecule has 4 rings (SSSR count). The van der Waals surface area contributed by atoms with Gasteiger partial charge in [0.1, 0.15) is 5.58 Å². The van der Waals surface area contributed by atoms with E-state index in [9.17, 15) is 4.79 Å². The van der Waals surface area contributed by atoms with Gasteiger partial charge in [-0.05, 0) is 72.7 Å². The molecule has 2 aromatic heterocycles. The number of halogens is 3. The molecule has 0 fully saturated rings. The number of hydrogen-bond donors (Lipinski definition) is 0. The van der Waals surface area contributed by atoms with Gasteiger partial charge in [-0.25, -0.2) is 4.68 Å². The molecule has 0 saturated carbocycles. The SMILES string of the molecule is Cc1c(C(=O)N(C)CCN(C)Cc2cn(-c3ccc(Cl)c(Br)c3)nn2)oc2c(C)cc(Br)cc12. The van der Waals surface area contributed by atoms with Crippen LogP contribution in [0.2, 0.25) is 5.02 Å². The number of fused-ring (bicyclic) bond motifs is 1. The van der Waals surface area contributed by atoms with Gasteiger partial charge in [0.2, 0.25) is 0 Å². The summed E-state index contributed by atoms with van der Waals surface area (Å²) in [6.07, 6.45) is 1.89. The standard InChI is InChI=1S/C24H24Br2ClN5O2/c1-14-9-16(25)10-19-15(2)23(34-22(14)19)24(33)31(4)8-7-30(3)12-17-13-32(29-28-17)18-5-6-21(27)20(26)11-18/h5-6,9-11,13H,7-8,12H2,1-4H3. The number of nitrogens with zero attached hydrogens (tertiary/aromatic N) is 5. The van der Waals surface area contributed by atoms with Crippen LogP contribution in [-0.4, -0.2) is 57.9 Å². The molecule has 2 heterocycles. The van der Waals surface area contributed by atoms with Crippen molar-refractivity contribution in [2.24, 2.45) is 0 Å². The van der Waals surface area contributed by atoms with E-state index in [4.69, 9.17) is 16.0 Å². The van der Waals surface area contributed by atoms with Crippen LogP contribution in [0.3, 0.4) is 0 Å². The first kappa shape index (κ1) is 24.9. The number of benzene rings is 2. The van der Waals surface area contributed by atoms with Crippen molar-refractivity contribution in [2.45, 2.75) is 20.4 Å². The second-order valence-corrected chi connectivity index (χ2v) is 10.6. The minimum atomic E-state index is -0.128. The van der Waals surface area contributed by atoms with E-state index >= 15 is 0 Å². The predicted octanol–water partition coefficient (Wildman–Crippen LogP) is 6.01. The first-order valence-electron chi connectivity index (χ1n) is 10.6. The van der Waals surface area contributed by atoms with E-state index in [0.717, 1.165) is 42.4 Å². The molecule has 0 atom stereocenters. The Morgan fingerprint density at radius 1 is 1.15 bits per heavy atom. The van der Waals surface area contributed by atoms with Gasteiger partial charge in [-0.15, -0.1) is 5.10 Å². The second-order valence-electron chi connectivity index (χ2n) is 8.37. The molecule has 34 heavy (non-hydrogen) atoms. The van der Waals surface area contributed by atoms with Crippen LogP contribution >= 0.6 is 43.5 Å². The third-order valence-corrected chi connectivity index (χ3v) is 7.36. The quantitative estimate of drug-likeness (QED) is 0.257. The molecule has 0 spiro atoms. The number of likely N-dealkylation sites (N-methyl/N-ethyl adjacent to an activating group) is 2. The Labute approximate surface area is 219 Å². The fourth-order valence-electron chi connectivity index (χ4n) is 3.72. The second kappa shape index (κ2) is 10.2. The maximum atomic E-state index is 13.1. The van der Waals surface area contributed by atoms with Crippen molar-refractivity contribution < 1.29 is 9.21 Å². The van der Waals surface area contributed by atoms with Gasteiger partial charge in [-0.2, -0.15) is 0 Å². The van der Waals surface area contributed by atoms with Gasteiger partial charge in [0.25, 0.3) is 5.91 Å². The van der Waals surface area contributed by atoms with Gasteiger partial charge in [-0.3, -0.25) is 9.69 Å². The van der Waals surface area contributed by atoms with E-state index in [1.165, 1.54) is 0 Å². The summed E-state index contributed by atoms with van der Waals surface area (Å²) in [5, 5.41) is 10.1. The highest BCUT2D eigenvalue weighted by Gasteiger charge is 2.22. The monoisotopic (exact) mass is 607 g/mol. The summed E-state index contributed by atoms with van der Waals surface area (Å²) in [5.74, 6) is 0.260. The average molecular weight is 610 g/mol. The van der Waals surface area contributed by atoms with Crippen LogP contribution in [0.25, 0.3) is 16.7 Å². The van der Waals surface area contributed by atoms with E-state index in [0.29, 0.717) is 30.4 Å². The summed E-state index contributed by atoms with van der Waals surface area (Å²) in [4.78, 5) is 16.9. The highest BCUT2D eigenvalue weighted by Crippen LogP contribution is 2.31. The van der Waals surface area contributed by atoms with E-state index in [2.05, 4.69) is 47.1 Å². The van der Waals surface area contributed by atoms with Crippen molar-refractivity contribution in [1.29, 1.82) is 0 Å². The molecule has 0 N–H and O–H groups in total. The van der Waals surface area contributed by atoms with Crippen LogP contribution < -0.4 is 0 Å². The fraction of sp³-hybridized carbons (Fsp3) is 0.292. The Morgan fingerprint density at radius 3 is 2.65 bits per heavy atom. The van der Waals surface area contributed by atoms with Crippen LogP contribution in [0.1, 0.15) is 27.4 Å². The molecular formula is C24H24Br2ClN5O2. The minimum absolute atomic E-state index is 0.128. The first-order chi connectivity index (χ1) is 16.1. The molecular weight excluding hydrogens is 586 g/mol. The number of carbonyl (C=O) groups excluding carboxylic acids is 1. The van der Waals surface area contributed by atoms with Gasteiger partial charge >= 0.3 is 0 Å². The summed E-state index contributed by atoms with van der Waals surface area (Å²) in [7, 11) is 3.78. The van der Waals surface area contributed by atoms with Gasteiger partial charge in [0.05, 0.1) is 22.6 Å². The van der Waals surface area contributed by atoms with Crippen molar-refractivity contribution in [3.63, 3.8) is 0 Å². The van der Waals surface area contributed by atoms with Crippen LogP contribution in [0.4, 0.5) is 0 Å². The van der Waals surface area contributed by atoms with Gasteiger partial charge in [-0.1, -0.05) is 32.7 Å². The number of amides is 1. The van der Waals surface area contributed by atoms with Gasteiger partial charge in [0.15, 0.2) is 5.76 Å². The van der Waals surface area contributed by atoms with Crippen LogP contribution in [0.15, 0.2) is 49.9 Å². The van der Waals surface area contributed by atoms with E-state index in [1.54, 1.807) is 16.6 Å². The highest BCUT2D eigenvalue weighted by molar-refractivity contribution is 9.10. The number of aromatic nitrogens is 3. The Kier molecular flexibility index (Phi) is 7.47. The zero-order valence-electron chi connectivity index (χ0n) is 19.3. The molecule has 4 aromatic rings. The summed E-state index contributed by atoms with van der Waals surface area (Å²) in [6, 6.07) is 9.56. The van der Waals surface area contributed by atoms with E-state index in [-0.39, 0.29) is 5.91 Å². The summed E-state index contributed by atoms with van der Waals surface area (Å²) in [6.45, 7) is 5.73. The van der Waals surface area contributed by atoms with Crippen molar-refractivity contribution in [3.8, 4) is 5.69 Å². The molecule has 0 aliphatic carbocycles. The molecule has 0 bridgehead atoms. The molecule has 0 radical (unpaired) electrons. The van der Waals surface area contributed by atoms with Crippen LogP contribution in [-0.2, 0) is 6.54 Å². The predicted molar refractivity (Wildman–Crippen MR) is 141 cm³/mol. The third kappa shape index (κ3) is 5.22. The molecule has 0 aliphatic rings. The van der Waals surface area contributed by atoms with Crippen LogP contribution in [0, 0.1) is 13.8 Å². The lowest BCUT2D eigenvalue weighted by Gasteiger charge is -2.21. The van der Waals surface area contributed by atoms with E-state index in [1.807, 2.05) is 57.4 Å².